The molecule has 0 radical (unpaired) electrons. The van der Waals surface area contributed by atoms with E-state index in [-0.39, 0.29) is 24.8 Å². The Bertz CT molecular complexity index is 1240. The first-order chi connectivity index (χ1) is 17.6. The highest BCUT2D eigenvalue weighted by molar-refractivity contribution is 6.00. The van der Waals surface area contributed by atoms with Crippen LogP contribution in [0.2, 0.25) is 0 Å². The molecule has 10 nitrogen and oxygen atoms in total. The van der Waals surface area contributed by atoms with Crippen molar-refractivity contribution in [1.29, 1.82) is 0 Å². The van der Waals surface area contributed by atoms with Gasteiger partial charge in [0.1, 0.15) is 11.6 Å². The summed E-state index contributed by atoms with van der Waals surface area (Å²) in [5, 5.41) is 2.31. The second kappa shape index (κ2) is 9.96. The average Bonchev–Trinajstić information content (AvgIpc) is 3.18. The van der Waals surface area contributed by atoms with E-state index in [0.717, 1.165) is 57.4 Å². The van der Waals surface area contributed by atoms with E-state index in [1.165, 1.54) is 4.57 Å². The van der Waals surface area contributed by atoms with Crippen molar-refractivity contribution in [1.82, 2.24) is 19.7 Å². The van der Waals surface area contributed by atoms with Gasteiger partial charge in [-0.2, -0.15) is 0 Å². The Hall–Kier alpha value is -3.14. The molecule has 1 unspecified atom stereocenters. The number of hydrogen-bond donors (Lipinski definition) is 1. The van der Waals surface area contributed by atoms with Crippen LogP contribution >= 0.6 is 0 Å². The maximum Gasteiger partial charge on any atom is 0.420 e. The molecule has 1 aromatic heterocycles. The lowest BCUT2D eigenvalue weighted by atomic mass is 9.88. The fraction of sp³-hybridized carbons (Fsp3) is 0.630. The molecule has 200 valence electrons. The van der Waals surface area contributed by atoms with Gasteiger partial charge in [-0.25, -0.2) is 9.59 Å². The largest absolute Gasteiger partial charge is 0.444 e. The van der Waals surface area contributed by atoms with Crippen LogP contribution in [0.25, 0.3) is 11.1 Å². The van der Waals surface area contributed by atoms with E-state index in [1.54, 1.807) is 0 Å². The zero-order chi connectivity index (χ0) is 26.3. The molecule has 37 heavy (non-hydrogen) atoms. The predicted molar refractivity (Wildman–Crippen MR) is 136 cm³/mol. The summed E-state index contributed by atoms with van der Waals surface area (Å²) in [5.74, 6) is -0.986. The highest BCUT2D eigenvalue weighted by Crippen LogP contribution is 2.33. The molecule has 1 aromatic carbocycles. The molecule has 0 bridgehead atoms. The molecule has 2 aromatic rings. The van der Waals surface area contributed by atoms with E-state index in [9.17, 15) is 19.2 Å². The highest BCUT2D eigenvalue weighted by atomic mass is 16.6. The van der Waals surface area contributed by atoms with Crippen molar-refractivity contribution in [3.05, 3.63) is 34.3 Å². The lowest BCUT2D eigenvalue weighted by Gasteiger charge is -2.42. The number of likely N-dealkylation sites (tertiary alicyclic amines) is 2. The number of amides is 3. The van der Waals surface area contributed by atoms with Gasteiger partial charge in [-0.05, 0) is 89.6 Å². The van der Waals surface area contributed by atoms with Crippen molar-refractivity contribution in [2.75, 3.05) is 26.2 Å². The first-order valence-electron chi connectivity index (χ1n) is 13.3. The van der Waals surface area contributed by atoms with E-state index in [0.29, 0.717) is 23.1 Å². The van der Waals surface area contributed by atoms with E-state index in [2.05, 4.69) is 10.2 Å². The van der Waals surface area contributed by atoms with Gasteiger partial charge in [-0.15, -0.1) is 0 Å². The Morgan fingerprint density at radius 3 is 2.35 bits per heavy atom. The van der Waals surface area contributed by atoms with Crippen molar-refractivity contribution in [3.8, 4) is 0 Å². The SMILES string of the molecule is CC(C)(C)OC(=O)N1CCC(N2CCC(c3ccc4c(c3)oc(=O)n4C3CCC(=O)NC3=O)CC2)CC1. The number of carbonyl (C=O) groups excluding carboxylic acids is 3. The minimum atomic E-state index is -0.734. The molecule has 4 heterocycles. The average molecular weight is 513 g/mol. The van der Waals surface area contributed by atoms with E-state index < -0.39 is 23.3 Å². The topological polar surface area (TPSA) is 114 Å². The predicted octanol–water partition coefficient (Wildman–Crippen LogP) is 3.15. The van der Waals surface area contributed by atoms with E-state index >= 15 is 0 Å². The molecule has 5 rings (SSSR count). The van der Waals surface area contributed by atoms with Crippen molar-refractivity contribution in [2.45, 2.75) is 82.9 Å². The second-order valence-electron chi connectivity index (χ2n) is 11.4. The minimum Gasteiger partial charge on any atom is -0.444 e. The molecule has 0 spiro atoms. The summed E-state index contributed by atoms with van der Waals surface area (Å²) < 4.78 is 12.4. The van der Waals surface area contributed by atoms with Crippen molar-refractivity contribution < 1.29 is 23.5 Å². The van der Waals surface area contributed by atoms with Crippen molar-refractivity contribution in [2.24, 2.45) is 0 Å². The molecule has 3 amide bonds. The molecule has 3 aliphatic rings. The normalized spacial score (nSPS) is 22.9. The maximum absolute atomic E-state index is 12.6. The highest BCUT2D eigenvalue weighted by Gasteiger charge is 2.33. The number of fused-ring (bicyclic) bond motifs is 1. The van der Waals surface area contributed by atoms with Crippen LogP contribution in [-0.4, -0.2) is 70.1 Å². The summed E-state index contributed by atoms with van der Waals surface area (Å²) in [5.41, 5.74) is 1.72. The van der Waals surface area contributed by atoms with Gasteiger partial charge in [-0.1, -0.05) is 6.07 Å². The molecular formula is C27H36N4O6. The molecule has 10 heteroatoms. The maximum atomic E-state index is 12.6. The number of carbonyl (C=O) groups is 3. The van der Waals surface area contributed by atoms with Gasteiger partial charge in [0.15, 0.2) is 5.58 Å². The molecule has 1 atom stereocenters. The van der Waals surface area contributed by atoms with Gasteiger partial charge in [0.25, 0.3) is 0 Å². The van der Waals surface area contributed by atoms with E-state index in [1.807, 2.05) is 43.9 Å². The Kier molecular flexibility index (Phi) is 6.87. The number of aromatic nitrogens is 1. The molecule has 1 N–H and O–H groups in total. The Morgan fingerprint density at radius 1 is 1.00 bits per heavy atom. The van der Waals surface area contributed by atoms with Gasteiger partial charge in [-0.3, -0.25) is 19.5 Å². The quantitative estimate of drug-likeness (QED) is 0.629. The van der Waals surface area contributed by atoms with Crippen LogP contribution in [0.15, 0.2) is 27.4 Å². The number of piperidine rings is 3. The van der Waals surface area contributed by atoms with Crippen molar-refractivity contribution >= 4 is 29.0 Å². The summed E-state index contributed by atoms with van der Waals surface area (Å²) in [6.45, 7) is 9.09. The Labute approximate surface area is 215 Å². The third-order valence-electron chi connectivity index (χ3n) is 7.79. The second-order valence-corrected chi connectivity index (χ2v) is 11.4. The molecule has 3 saturated heterocycles. The smallest absolute Gasteiger partial charge is 0.420 e. The number of nitrogens with zero attached hydrogens (tertiary/aromatic N) is 3. The van der Waals surface area contributed by atoms with E-state index in [4.69, 9.17) is 9.15 Å². The molecule has 3 fully saturated rings. The summed E-state index contributed by atoms with van der Waals surface area (Å²) in [6.07, 6.45) is 4.19. The number of rotatable bonds is 3. The van der Waals surface area contributed by atoms with Crippen LogP contribution in [-0.2, 0) is 14.3 Å². The molecular weight excluding hydrogens is 476 g/mol. The van der Waals surface area contributed by atoms with Gasteiger partial charge in [0, 0.05) is 25.6 Å². The van der Waals surface area contributed by atoms with Crippen LogP contribution in [0.5, 0.6) is 0 Å². The number of ether oxygens (including phenoxy) is 1. The Balaban J connectivity index is 1.19. The summed E-state index contributed by atoms with van der Waals surface area (Å²) in [4.78, 5) is 53.1. The van der Waals surface area contributed by atoms with Crippen LogP contribution in [0, 0.1) is 0 Å². The van der Waals surface area contributed by atoms with Crippen molar-refractivity contribution in [3.63, 3.8) is 0 Å². The number of benzene rings is 1. The summed E-state index contributed by atoms with van der Waals surface area (Å²) in [6, 6.07) is 5.56. The fourth-order valence-electron chi connectivity index (χ4n) is 5.87. The molecule has 0 saturated carbocycles. The lowest BCUT2D eigenvalue weighted by molar-refractivity contribution is -0.135. The first kappa shape index (κ1) is 25.5. The van der Waals surface area contributed by atoms with Crippen LogP contribution < -0.4 is 11.1 Å². The Morgan fingerprint density at radius 2 is 1.70 bits per heavy atom. The fourth-order valence-corrected chi connectivity index (χ4v) is 5.87. The molecule has 3 aliphatic heterocycles. The van der Waals surface area contributed by atoms with Crippen LogP contribution in [0.1, 0.15) is 76.8 Å². The first-order valence-corrected chi connectivity index (χ1v) is 13.3. The van der Waals surface area contributed by atoms with Gasteiger partial charge in [0.05, 0.1) is 5.52 Å². The van der Waals surface area contributed by atoms with Crippen LogP contribution in [0.4, 0.5) is 4.79 Å². The molecule has 0 aliphatic carbocycles. The minimum absolute atomic E-state index is 0.201. The van der Waals surface area contributed by atoms with Gasteiger partial charge in [0.2, 0.25) is 11.8 Å². The standard InChI is InChI=1S/C27H36N4O6/c1-27(2,3)37-25(34)30-14-10-19(11-15-30)29-12-8-17(9-13-29)18-4-5-20-22(16-18)36-26(35)31(20)21-6-7-23(32)28-24(21)33/h4-5,16-17,19,21H,6-15H2,1-3H3,(H,28,32,33). The monoisotopic (exact) mass is 512 g/mol. The van der Waals surface area contributed by atoms with Gasteiger partial charge < -0.3 is 19.0 Å². The summed E-state index contributed by atoms with van der Waals surface area (Å²) >= 11 is 0. The number of nitrogens with one attached hydrogen (secondary N) is 1. The zero-order valence-electron chi connectivity index (χ0n) is 21.8. The number of imide groups is 1. The third kappa shape index (κ3) is 5.44. The third-order valence-corrected chi connectivity index (χ3v) is 7.79. The zero-order valence-corrected chi connectivity index (χ0v) is 21.8. The summed E-state index contributed by atoms with van der Waals surface area (Å²) in [7, 11) is 0. The number of hydrogen-bond acceptors (Lipinski definition) is 7. The number of oxazole rings is 1. The lowest BCUT2D eigenvalue weighted by Crippen LogP contribution is -2.49. The van der Waals surface area contributed by atoms with Gasteiger partial charge >= 0.3 is 11.8 Å². The van der Waals surface area contributed by atoms with Crippen LogP contribution in [0.3, 0.4) is 0 Å².